The number of hydrogen-bond donors (Lipinski definition) is 0. The summed E-state index contributed by atoms with van der Waals surface area (Å²) in [6.07, 6.45) is 0. The SMILES string of the molecule is COCC(CBr)(CBr)c1ccc(Br)cc1. The highest BCUT2D eigenvalue weighted by molar-refractivity contribution is 9.10. The molecule has 0 aliphatic carbocycles. The van der Waals surface area contributed by atoms with E-state index in [0.717, 1.165) is 15.1 Å². The van der Waals surface area contributed by atoms with Gasteiger partial charge in [-0.05, 0) is 17.7 Å². The molecule has 1 aromatic rings. The second-order valence-corrected chi connectivity index (χ2v) is 5.52. The Labute approximate surface area is 116 Å². The molecule has 1 rings (SSSR count). The summed E-state index contributed by atoms with van der Waals surface area (Å²) in [5.41, 5.74) is 1.29. The van der Waals surface area contributed by atoms with Crippen LogP contribution in [-0.2, 0) is 10.2 Å². The maximum absolute atomic E-state index is 5.30. The van der Waals surface area contributed by atoms with E-state index in [0.29, 0.717) is 6.61 Å². The zero-order valence-corrected chi connectivity index (χ0v) is 13.2. The van der Waals surface area contributed by atoms with Crippen molar-refractivity contribution in [1.82, 2.24) is 0 Å². The standard InChI is InChI=1S/C11H13Br3O/c1-15-8-11(6-12,7-13)9-2-4-10(14)5-3-9/h2-5H,6-8H2,1H3. The molecule has 84 valence electrons. The Morgan fingerprint density at radius 2 is 1.67 bits per heavy atom. The van der Waals surface area contributed by atoms with Crippen molar-refractivity contribution in [3.8, 4) is 0 Å². The topological polar surface area (TPSA) is 9.23 Å². The summed E-state index contributed by atoms with van der Waals surface area (Å²) in [6.45, 7) is 0.700. The second kappa shape index (κ2) is 6.38. The zero-order valence-electron chi connectivity index (χ0n) is 8.47. The minimum absolute atomic E-state index is 0.00938. The third-order valence-corrected chi connectivity index (χ3v) is 5.06. The van der Waals surface area contributed by atoms with E-state index >= 15 is 0 Å². The van der Waals surface area contributed by atoms with Crippen molar-refractivity contribution in [3.63, 3.8) is 0 Å². The van der Waals surface area contributed by atoms with Crippen LogP contribution < -0.4 is 0 Å². The molecule has 1 nitrogen and oxygen atoms in total. The monoisotopic (exact) mass is 398 g/mol. The number of alkyl halides is 2. The molecule has 0 bridgehead atoms. The van der Waals surface area contributed by atoms with Gasteiger partial charge in [-0.15, -0.1) is 0 Å². The maximum atomic E-state index is 5.30. The lowest BCUT2D eigenvalue weighted by atomic mass is 9.85. The van der Waals surface area contributed by atoms with Gasteiger partial charge in [0.05, 0.1) is 6.61 Å². The van der Waals surface area contributed by atoms with Crippen molar-refractivity contribution in [3.05, 3.63) is 34.3 Å². The van der Waals surface area contributed by atoms with Crippen molar-refractivity contribution >= 4 is 47.8 Å². The summed E-state index contributed by atoms with van der Waals surface area (Å²) < 4.78 is 6.40. The van der Waals surface area contributed by atoms with Crippen LogP contribution in [0.4, 0.5) is 0 Å². The van der Waals surface area contributed by atoms with Crippen molar-refractivity contribution in [1.29, 1.82) is 0 Å². The quantitative estimate of drug-likeness (QED) is 0.675. The molecule has 0 amide bonds. The Morgan fingerprint density at radius 1 is 1.13 bits per heavy atom. The van der Waals surface area contributed by atoms with Crippen LogP contribution in [0, 0.1) is 0 Å². The lowest BCUT2D eigenvalue weighted by molar-refractivity contribution is 0.152. The lowest BCUT2D eigenvalue weighted by Gasteiger charge is -2.29. The molecule has 0 fully saturated rings. The number of ether oxygens (including phenoxy) is 1. The minimum Gasteiger partial charge on any atom is -0.384 e. The normalized spacial score (nSPS) is 11.7. The Morgan fingerprint density at radius 3 is 2.07 bits per heavy atom. The molecule has 0 spiro atoms. The smallest absolute Gasteiger partial charge is 0.0575 e. The van der Waals surface area contributed by atoms with Crippen molar-refractivity contribution in [2.24, 2.45) is 0 Å². The predicted octanol–water partition coefficient (Wildman–Crippen LogP) is 4.12. The molecule has 4 heteroatoms. The Kier molecular flexibility index (Phi) is 5.82. The van der Waals surface area contributed by atoms with Crippen LogP contribution in [-0.4, -0.2) is 24.4 Å². The van der Waals surface area contributed by atoms with Crippen LogP contribution in [0.25, 0.3) is 0 Å². The number of methoxy groups -OCH3 is 1. The van der Waals surface area contributed by atoms with Gasteiger partial charge in [0.1, 0.15) is 0 Å². The molecule has 0 aromatic heterocycles. The Bertz CT molecular complexity index is 293. The van der Waals surface area contributed by atoms with E-state index in [9.17, 15) is 0 Å². The molecule has 15 heavy (non-hydrogen) atoms. The van der Waals surface area contributed by atoms with Crippen LogP contribution in [0.2, 0.25) is 0 Å². The molecule has 0 saturated heterocycles. The summed E-state index contributed by atoms with van der Waals surface area (Å²) in [5, 5.41) is 1.75. The third kappa shape index (κ3) is 3.29. The molecular weight excluding hydrogens is 388 g/mol. The fourth-order valence-corrected chi connectivity index (χ4v) is 3.59. The molecule has 1 aromatic carbocycles. The van der Waals surface area contributed by atoms with Crippen LogP contribution in [0.1, 0.15) is 5.56 Å². The van der Waals surface area contributed by atoms with E-state index < -0.39 is 0 Å². The number of hydrogen-bond acceptors (Lipinski definition) is 1. The third-order valence-electron chi connectivity index (χ3n) is 2.39. The van der Waals surface area contributed by atoms with Gasteiger partial charge in [0.2, 0.25) is 0 Å². The van der Waals surface area contributed by atoms with Gasteiger partial charge in [-0.1, -0.05) is 59.9 Å². The second-order valence-electron chi connectivity index (χ2n) is 3.49. The van der Waals surface area contributed by atoms with Gasteiger partial charge in [-0.2, -0.15) is 0 Å². The molecule has 0 heterocycles. The highest BCUT2D eigenvalue weighted by Crippen LogP contribution is 2.30. The van der Waals surface area contributed by atoms with Gasteiger partial charge in [-0.25, -0.2) is 0 Å². The lowest BCUT2D eigenvalue weighted by Crippen LogP contribution is -2.35. The summed E-state index contributed by atoms with van der Waals surface area (Å²) in [4.78, 5) is 0. The van der Waals surface area contributed by atoms with Gasteiger partial charge in [0.15, 0.2) is 0 Å². The maximum Gasteiger partial charge on any atom is 0.0575 e. The van der Waals surface area contributed by atoms with Crippen molar-refractivity contribution < 1.29 is 4.74 Å². The highest BCUT2D eigenvalue weighted by atomic mass is 79.9. The summed E-state index contributed by atoms with van der Waals surface area (Å²) in [7, 11) is 1.74. The first-order chi connectivity index (χ1) is 7.18. The predicted molar refractivity (Wildman–Crippen MR) is 75.3 cm³/mol. The van der Waals surface area contributed by atoms with Gasteiger partial charge in [-0.3, -0.25) is 0 Å². The van der Waals surface area contributed by atoms with E-state index in [4.69, 9.17) is 4.74 Å². The van der Waals surface area contributed by atoms with E-state index in [2.05, 4.69) is 72.1 Å². The largest absolute Gasteiger partial charge is 0.384 e. The molecule has 0 radical (unpaired) electrons. The average Bonchev–Trinajstić information content (AvgIpc) is 2.27. The van der Waals surface area contributed by atoms with E-state index in [1.165, 1.54) is 5.56 Å². The van der Waals surface area contributed by atoms with E-state index in [-0.39, 0.29) is 5.41 Å². The summed E-state index contributed by atoms with van der Waals surface area (Å²) in [5.74, 6) is 0. The molecule has 0 saturated carbocycles. The molecular formula is C11H13Br3O. The molecule has 0 atom stereocenters. The number of halogens is 3. The average molecular weight is 401 g/mol. The first-order valence-electron chi connectivity index (χ1n) is 4.55. The van der Waals surface area contributed by atoms with Crippen LogP contribution >= 0.6 is 47.8 Å². The van der Waals surface area contributed by atoms with Gasteiger partial charge < -0.3 is 4.74 Å². The molecule has 0 aliphatic rings. The number of benzene rings is 1. The minimum atomic E-state index is 0.00938. The Balaban J connectivity index is 3.02. The fourth-order valence-electron chi connectivity index (χ4n) is 1.43. The summed E-state index contributed by atoms with van der Waals surface area (Å²) in [6, 6.07) is 8.38. The molecule has 0 aliphatic heterocycles. The van der Waals surface area contributed by atoms with Gasteiger partial charge in [0, 0.05) is 27.7 Å². The van der Waals surface area contributed by atoms with E-state index in [1.807, 2.05) is 0 Å². The Hall–Kier alpha value is 0.620. The van der Waals surface area contributed by atoms with E-state index in [1.54, 1.807) is 7.11 Å². The first kappa shape index (κ1) is 13.7. The highest BCUT2D eigenvalue weighted by Gasteiger charge is 2.30. The van der Waals surface area contributed by atoms with Crippen LogP contribution in [0.5, 0.6) is 0 Å². The zero-order chi connectivity index (χ0) is 11.3. The first-order valence-corrected chi connectivity index (χ1v) is 7.59. The fraction of sp³-hybridized carbons (Fsp3) is 0.455. The summed E-state index contributed by atoms with van der Waals surface area (Å²) >= 11 is 10.6. The van der Waals surface area contributed by atoms with Gasteiger partial charge >= 0.3 is 0 Å². The molecule has 0 unspecified atom stereocenters. The number of rotatable bonds is 5. The van der Waals surface area contributed by atoms with Crippen molar-refractivity contribution in [2.45, 2.75) is 5.41 Å². The van der Waals surface area contributed by atoms with Crippen LogP contribution in [0.15, 0.2) is 28.7 Å². The van der Waals surface area contributed by atoms with Crippen molar-refractivity contribution in [2.75, 3.05) is 24.4 Å². The van der Waals surface area contributed by atoms with Gasteiger partial charge in [0.25, 0.3) is 0 Å². The molecule has 0 N–H and O–H groups in total. The van der Waals surface area contributed by atoms with Crippen LogP contribution in [0.3, 0.4) is 0 Å².